The summed E-state index contributed by atoms with van der Waals surface area (Å²) in [6.45, 7) is 4.54. The number of carbonyl (C=O) groups excluding carboxylic acids is 2. The maximum absolute atomic E-state index is 12.3. The van der Waals surface area contributed by atoms with Gasteiger partial charge in [0.05, 0.1) is 27.5 Å². The molecule has 0 fully saturated rings. The number of thiophene rings is 1. The van der Waals surface area contributed by atoms with E-state index in [0.717, 1.165) is 15.8 Å². The third kappa shape index (κ3) is 5.57. The molecule has 0 unspecified atom stereocenters. The van der Waals surface area contributed by atoms with E-state index in [0.29, 0.717) is 22.9 Å². The quantitative estimate of drug-likeness (QED) is 0.719. The first-order chi connectivity index (χ1) is 11.9. The van der Waals surface area contributed by atoms with E-state index in [1.165, 1.54) is 16.2 Å². The molecule has 0 saturated heterocycles. The molecule has 2 amide bonds. The Morgan fingerprint density at radius 3 is 2.68 bits per heavy atom. The number of halogens is 1. The number of likely N-dealkylation sites (N-methyl/N-ethyl adjacent to an activating group) is 1. The molecule has 0 spiro atoms. The van der Waals surface area contributed by atoms with Crippen LogP contribution in [0.3, 0.4) is 0 Å². The van der Waals surface area contributed by atoms with Crippen LogP contribution in [0, 0.1) is 6.92 Å². The maximum atomic E-state index is 12.3. The number of ether oxygens (including phenoxy) is 1. The number of nitrogens with one attached hydrogen (secondary N) is 1. The Morgan fingerprint density at radius 2 is 2.04 bits per heavy atom. The summed E-state index contributed by atoms with van der Waals surface area (Å²) in [5.74, 6) is 0.195. The van der Waals surface area contributed by atoms with Crippen LogP contribution in [0.15, 0.2) is 34.1 Å². The van der Waals surface area contributed by atoms with Crippen LogP contribution in [-0.4, -0.2) is 36.9 Å². The molecule has 1 heterocycles. The SMILES string of the molecule is CCCOc1cc(C)ccc1NC(=O)CN(C)C(=O)c1ccc(Br)s1. The number of anilines is 1. The third-order valence-corrected chi connectivity index (χ3v) is 5.00. The second-order valence-electron chi connectivity index (χ2n) is 5.66. The lowest BCUT2D eigenvalue weighted by atomic mass is 10.2. The highest BCUT2D eigenvalue weighted by Crippen LogP contribution is 2.26. The molecule has 5 nitrogen and oxygen atoms in total. The van der Waals surface area contributed by atoms with E-state index in [1.54, 1.807) is 13.1 Å². The first kappa shape index (κ1) is 19.5. The lowest BCUT2D eigenvalue weighted by Crippen LogP contribution is -2.34. The Bertz CT molecular complexity index is 761. The van der Waals surface area contributed by atoms with Gasteiger partial charge < -0.3 is 15.0 Å². The molecule has 2 aromatic rings. The minimum absolute atomic E-state index is 0.0323. The van der Waals surface area contributed by atoms with Crippen molar-refractivity contribution in [3.05, 3.63) is 44.6 Å². The van der Waals surface area contributed by atoms with E-state index in [4.69, 9.17) is 4.74 Å². The van der Waals surface area contributed by atoms with Crippen LogP contribution in [0.5, 0.6) is 5.75 Å². The molecule has 0 saturated carbocycles. The maximum Gasteiger partial charge on any atom is 0.264 e. The number of rotatable bonds is 7. The van der Waals surface area contributed by atoms with E-state index in [2.05, 4.69) is 21.2 Å². The van der Waals surface area contributed by atoms with Gasteiger partial charge in [-0.05, 0) is 59.1 Å². The lowest BCUT2D eigenvalue weighted by molar-refractivity contribution is -0.116. The van der Waals surface area contributed by atoms with E-state index in [9.17, 15) is 9.59 Å². The summed E-state index contributed by atoms with van der Waals surface area (Å²) in [5.41, 5.74) is 1.67. The first-order valence-corrected chi connectivity index (χ1v) is 9.55. The second-order valence-corrected chi connectivity index (χ2v) is 8.12. The zero-order chi connectivity index (χ0) is 18.4. The molecule has 0 bridgehead atoms. The number of amides is 2. The average Bonchev–Trinajstić information content (AvgIpc) is 3.00. The van der Waals surface area contributed by atoms with Gasteiger partial charge >= 0.3 is 0 Å². The number of aryl methyl sites for hydroxylation is 1. The smallest absolute Gasteiger partial charge is 0.264 e. The highest BCUT2D eigenvalue weighted by molar-refractivity contribution is 9.11. The second kappa shape index (κ2) is 9.01. The minimum Gasteiger partial charge on any atom is -0.491 e. The lowest BCUT2D eigenvalue weighted by Gasteiger charge is -2.17. The summed E-state index contributed by atoms with van der Waals surface area (Å²) in [6.07, 6.45) is 0.884. The predicted octanol–water partition coefficient (Wildman–Crippen LogP) is 4.32. The zero-order valence-corrected chi connectivity index (χ0v) is 16.9. The fraction of sp³-hybridized carbons (Fsp3) is 0.333. The van der Waals surface area contributed by atoms with Gasteiger partial charge in [0, 0.05) is 7.05 Å². The van der Waals surface area contributed by atoms with Crippen molar-refractivity contribution in [1.82, 2.24) is 4.90 Å². The number of hydrogen-bond acceptors (Lipinski definition) is 4. The Labute approximate surface area is 160 Å². The average molecular weight is 425 g/mol. The molecular weight excluding hydrogens is 404 g/mol. The molecule has 0 atom stereocenters. The van der Waals surface area contributed by atoms with Crippen LogP contribution in [0.1, 0.15) is 28.6 Å². The molecule has 0 aliphatic rings. The van der Waals surface area contributed by atoms with Crippen molar-refractivity contribution >= 4 is 44.8 Å². The Morgan fingerprint density at radius 1 is 1.28 bits per heavy atom. The summed E-state index contributed by atoms with van der Waals surface area (Å²) >= 11 is 4.68. The van der Waals surface area contributed by atoms with Gasteiger partial charge in [-0.25, -0.2) is 0 Å². The standard InChI is InChI=1S/C18H21BrN2O3S/c1-4-9-24-14-10-12(2)5-6-13(14)20-17(22)11-21(3)18(23)15-7-8-16(19)25-15/h5-8,10H,4,9,11H2,1-3H3,(H,20,22). The fourth-order valence-electron chi connectivity index (χ4n) is 2.16. The molecule has 2 rings (SSSR count). The molecule has 1 aromatic carbocycles. The topological polar surface area (TPSA) is 58.6 Å². The van der Waals surface area contributed by atoms with Crippen LogP contribution in [-0.2, 0) is 4.79 Å². The minimum atomic E-state index is -0.267. The summed E-state index contributed by atoms with van der Waals surface area (Å²) in [4.78, 5) is 26.6. The van der Waals surface area contributed by atoms with Gasteiger partial charge in [0.25, 0.3) is 5.91 Å². The summed E-state index contributed by atoms with van der Waals surface area (Å²) < 4.78 is 6.57. The number of carbonyl (C=O) groups is 2. The molecular formula is C18H21BrN2O3S. The van der Waals surface area contributed by atoms with Gasteiger partial charge in [-0.1, -0.05) is 13.0 Å². The molecule has 1 aromatic heterocycles. The summed E-state index contributed by atoms with van der Waals surface area (Å²) in [5, 5.41) is 2.83. The van der Waals surface area contributed by atoms with E-state index in [1.807, 2.05) is 38.1 Å². The Balaban J connectivity index is 2.01. The monoisotopic (exact) mass is 424 g/mol. The van der Waals surface area contributed by atoms with Crippen LogP contribution in [0.2, 0.25) is 0 Å². The van der Waals surface area contributed by atoms with Crippen LogP contribution in [0.4, 0.5) is 5.69 Å². The highest BCUT2D eigenvalue weighted by Gasteiger charge is 2.17. The molecule has 25 heavy (non-hydrogen) atoms. The third-order valence-electron chi connectivity index (χ3n) is 3.38. The Hall–Kier alpha value is -1.86. The van der Waals surface area contributed by atoms with Gasteiger partial charge in [0.15, 0.2) is 0 Å². The van der Waals surface area contributed by atoms with Gasteiger partial charge in [-0.2, -0.15) is 0 Å². The van der Waals surface area contributed by atoms with Crippen molar-refractivity contribution in [2.24, 2.45) is 0 Å². The predicted molar refractivity (Wildman–Crippen MR) is 105 cm³/mol. The van der Waals surface area contributed by atoms with Gasteiger partial charge in [0.2, 0.25) is 5.91 Å². The molecule has 7 heteroatoms. The van der Waals surface area contributed by atoms with Gasteiger partial charge in [-0.15, -0.1) is 11.3 Å². The number of benzene rings is 1. The van der Waals surface area contributed by atoms with Gasteiger partial charge in [-0.3, -0.25) is 9.59 Å². The number of hydrogen-bond donors (Lipinski definition) is 1. The van der Waals surface area contributed by atoms with Crippen molar-refractivity contribution in [3.63, 3.8) is 0 Å². The Kier molecular flexibility index (Phi) is 7.01. The molecule has 1 N–H and O–H groups in total. The van der Waals surface area contributed by atoms with Crippen molar-refractivity contribution in [2.45, 2.75) is 20.3 Å². The van der Waals surface area contributed by atoms with Crippen molar-refractivity contribution in [3.8, 4) is 5.75 Å². The fourth-order valence-corrected chi connectivity index (χ4v) is 3.54. The molecule has 0 aliphatic heterocycles. The van der Waals surface area contributed by atoms with Crippen molar-refractivity contribution < 1.29 is 14.3 Å². The van der Waals surface area contributed by atoms with E-state index in [-0.39, 0.29) is 18.4 Å². The van der Waals surface area contributed by atoms with Gasteiger partial charge in [0.1, 0.15) is 5.75 Å². The normalized spacial score (nSPS) is 10.4. The summed E-state index contributed by atoms with van der Waals surface area (Å²) in [7, 11) is 1.61. The molecule has 134 valence electrons. The van der Waals surface area contributed by atoms with Crippen LogP contribution in [0.25, 0.3) is 0 Å². The van der Waals surface area contributed by atoms with Crippen molar-refractivity contribution in [2.75, 3.05) is 25.5 Å². The van der Waals surface area contributed by atoms with Crippen LogP contribution >= 0.6 is 27.3 Å². The zero-order valence-electron chi connectivity index (χ0n) is 14.5. The van der Waals surface area contributed by atoms with E-state index < -0.39 is 0 Å². The van der Waals surface area contributed by atoms with E-state index >= 15 is 0 Å². The van der Waals surface area contributed by atoms with Crippen LogP contribution < -0.4 is 10.1 Å². The molecule has 0 aliphatic carbocycles. The summed E-state index contributed by atoms with van der Waals surface area (Å²) in [6, 6.07) is 9.17. The highest BCUT2D eigenvalue weighted by atomic mass is 79.9. The number of nitrogens with zero attached hydrogens (tertiary/aromatic N) is 1. The largest absolute Gasteiger partial charge is 0.491 e. The molecule has 0 radical (unpaired) electrons. The first-order valence-electron chi connectivity index (χ1n) is 7.94. The van der Waals surface area contributed by atoms with Crippen molar-refractivity contribution in [1.29, 1.82) is 0 Å².